The number of hydrogen-bond acceptors (Lipinski definition) is 2. The van der Waals surface area contributed by atoms with Gasteiger partial charge < -0.3 is 5.32 Å². The van der Waals surface area contributed by atoms with Gasteiger partial charge in [0.15, 0.2) is 0 Å². The van der Waals surface area contributed by atoms with Crippen LogP contribution in [0, 0.1) is 0 Å². The Labute approximate surface area is 86.9 Å². The second-order valence-electron chi connectivity index (χ2n) is 2.81. The second-order valence-corrected chi connectivity index (χ2v) is 3.87. The maximum atomic E-state index is 12.1. The molecule has 0 aromatic heterocycles. The highest BCUT2D eigenvalue weighted by Gasteiger charge is 2.04. The van der Waals surface area contributed by atoms with Crippen molar-refractivity contribution in [1.82, 2.24) is 5.32 Å². The monoisotopic (exact) mass is 217 g/mol. The summed E-state index contributed by atoms with van der Waals surface area (Å²) in [5.41, 5.74) is 1.04. The van der Waals surface area contributed by atoms with Crippen LogP contribution in [0.3, 0.4) is 0 Å². The predicted octanol–water partition coefficient (Wildman–Crippen LogP) is 3.11. The van der Waals surface area contributed by atoms with Crippen molar-refractivity contribution in [2.24, 2.45) is 0 Å². The Bertz CT molecular complexity index is 279. The van der Waals surface area contributed by atoms with Gasteiger partial charge >= 0.3 is 0 Å². The molecule has 0 spiro atoms. The molecule has 14 heavy (non-hydrogen) atoms. The fourth-order valence-electron chi connectivity index (χ4n) is 1.10. The van der Waals surface area contributed by atoms with Crippen LogP contribution in [0.1, 0.15) is 12.5 Å². The third-order valence-electron chi connectivity index (χ3n) is 1.70. The SMILES string of the molecule is CCNCc1cccc(SC(F)F)c1. The first-order valence-corrected chi connectivity index (χ1v) is 5.35. The molecule has 0 saturated heterocycles. The summed E-state index contributed by atoms with van der Waals surface area (Å²) >= 11 is 0.585. The molecule has 1 aromatic rings. The zero-order chi connectivity index (χ0) is 10.4. The lowest BCUT2D eigenvalue weighted by Gasteiger charge is -2.04. The normalized spacial score (nSPS) is 10.9. The number of nitrogens with one attached hydrogen (secondary N) is 1. The first kappa shape index (κ1) is 11.5. The molecule has 1 nitrogen and oxygen atoms in total. The standard InChI is InChI=1S/C10H13F2NS/c1-2-13-7-8-4-3-5-9(6-8)14-10(11)12/h3-6,10,13H,2,7H2,1H3. The maximum Gasteiger partial charge on any atom is 0.288 e. The minimum atomic E-state index is -2.34. The highest BCUT2D eigenvalue weighted by Crippen LogP contribution is 2.25. The molecule has 0 saturated carbocycles. The molecule has 0 aliphatic carbocycles. The van der Waals surface area contributed by atoms with Gasteiger partial charge in [0.25, 0.3) is 5.76 Å². The van der Waals surface area contributed by atoms with E-state index in [1.165, 1.54) is 0 Å². The Balaban J connectivity index is 2.59. The van der Waals surface area contributed by atoms with E-state index >= 15 is 0 Å². The highest BCUT2D eigenvalue weighted by molar-refractivity contribution is 7.99. The van der Waals surface area contributed by atoms with Gasteiger partial charge in [-0.25, -0.2) is 0 Å². The molecule has 0 atom stereocenters. The number of benzene rings is 1. The van der Waals surface area contributed by atoms with Crippen LogP contribution in [0.2, 0.25) is 0 Å². The Morgan fingerprint density at radius 1 is 1.43 bits per heavy atom. The van der Waals surface area contributed by atoms with Crippen LogP contribution in [0.5, 0.6) is 0 Å². The molecule has 78 valence electrons. The molecular formula is C10H13F2NS. The molecule has 0 bridgehead atoms. The van der Waals surface area contributed by atoms with E-state index in [1.54, 1.807) is 18.2 Å². The van der Waals surface area contributed by atoms with Crippen LogP contribution in [-0.2, 0) is 6.54 Å². The zero-order valence-electron chi connectivity index (χ0n) is 7.97. The summed E-state index contributed by atoms with van der Waals surface area (Å²) in [5.74, 6) is -2.34. The topological polar surface area (TPSA) is 12.0 Å². The van der Waals surface area contributed by atoms with Gasteiger partial charge in [0.1, 0.15) is 0 Å². The average molecular weight is 217 g/mol. The van der Waals surface area contributed by atoms with Gasteiger partial charge in [0.05, 0.1) is 0 Å². The van der Waals surface area contributed by atoms with Gasteiger partial charge in [0.2, 0.25) is 0 Å². The van der Waals surface area contributed by atoms with Crippen LogP contribution in [0.15, 0.2) is 29.2 Å². The predicted molar refractivity (Wildman–Crippen MR) is 55.7 cm³/mol. The smallest absolute Gasteiger partial charge is 0.288 e. The molecule has 4 heteroatoms. The lowest BCUT2D eigenvalue weighted by Crippen LogP contribution is -2.11. The number of thioether (sulfide) groups is 1. The fourth-order valence-corrected chi connectivity index (χ4v) is 1.68. The molecule has 1 rings (SSSR count). The van der Waals surface area contributed by atoms with Crippen LogP contribution in [-0.4, -0.2) is 12.3 Å². The summed E-state index contributed by atoms with van der Waals surface area (Å²) in [6.07, 6.45) is 0. The van der Waals surface area contributed by atoms with Gasteiger partial charge in [-0.2, -0.15) is 8.78 Å². The molecule has 0 heterocycles. The van der Waals surface area contributed by atoms with Crippen LogP contribution < -0.4 is 5.32 Å². The summed E-state index contributed by atoms with van der Waals surface area (Å²) in [6, 6.07) is 7.22. The van der Waals surface area contributed by atoms with Gasteiger partial charge in [-0.3, -0.25) is 0 Å². The minimum Gasteiger partial charge on any atom is -0.313 e. The van der Waals surface area contributed by atoms with E-state index in [4.69, 9.17) is 0 Å². The van der Waals surface area contributed by atoms with Crippen molar-refractivity contribution < 1.29 is 8.78 Å². The molecular weight excluding hydrogens is 204 g/mol. The molecule has 1 N–H and O–H groups in total. The first-order chi connectivity index (χ1) is 6.72. The quantitative estimate of drug-likeness (QED) is 0.760. The molecule has 0 aliphatic heterocycles. The Morgan fingerprint density at radius 3 is 2.86 bits per heavy atom. The van der Waals surface area contributed by atoms with Gasteiger partial charge in [0, 0.05) is 11.4 Å². The largest absolute Gasteiger partial charge is 0.313 e. The van der Waals surface area contributed by atoms with Crippen molar-refractivity contribution in [3.05, 3.63) is 29.8 Å². The van der Waals surface area contributed by atoms with E-state index in [1.807, 2.05) is 13.0 Å². The second kappa shape index (κ2) is 5.98. The van der Waals surface area contributed by atoms with E-state index in [-0.39, 0.29) is 0 Å². The summed E-state index contributed by atoms with van der Waals surface area (Å²) in [6.45, 7) is 3.62. The van der Waals surface area contributed by atoms with Gasteiger partial charge in [-0.05, 0) is 24.2 Å². The third kappa shape index (κ3) is 4.07. The Kier molecular flexibility index (Phi) is 4.90. The Hall–Kier alpha value is -0.610. The molecule has 0 amide bonds. The van der Waals surface area contributed by atoms with E-state index in [0.29, 0.717) is 16.7 Å². The number of alkyl halides is 2. The number of rotatable bonds is 5. The average Bonchev–Trinajstić information content (AvgIpc) is 2.14. The lowest BCUT2D eigenvalue weighted by atomic mass is 10.2. The van der Waals surface area contributed by atoms with Gasteiger partial charge in [-0.15, -0.1) is 0 Å². The van der Waals surface area contributed by atoms with E-state index in [0.717, 1.165) is 18.7 Å². The van der Waals surface area contributed by atoms with Crippen LogP contribution in [0.4, 0.5) is 8.78 Å². The van der Waals surface area contributed by atoms with Crippen molar-refractivity contribution in [2.75, 3.05) is 6.54 Å². The zero-order valence-corrected chi connectivity index (χ0v) is 8.78. The molecule has 0 fully saturated rings. The van der Waals surface area contributed by atoms with E-state index in [9.17, 15) is 8.78 Å². The van der Waals surface area contributed by atoms with Crippen LogP contribution >= 0.6 is 11.8 Å². The van der Waals surface area contributed by atoms with Crippen molar-refractivity contribution in [1.29, 1.82) is 0 Å². The van der Waals surface area contributed by atoms with E-state index < -0.39 is 5.76 Å². The van der Waals surface area contributed by atoms with Crippen LogP contribution in [0.25, 0.3) is 0 Å². The van der Waals surface area contributed by atoms with Crippen molar-refractivity contribution >= 4 is 11.8 Å². The molecule has 0 aliphatic rings. The van der Waals surface area contributed by atoms with Crippen molar-refractivity contribution in [2.45, 2.75) is 24.1 Å². The number of halogens is 2. The summed E-state index contributed by atoms with van der Waals surface area (Å²) in [4.78, 5) is 0.621. The minimum absolute atomic E-state index is 0.585. The summed E-state index contributed by atoms with van der Waals surface area (Å²) < 4.78 is 24.1. The third-order valence-corrected chi connectivity index (χ3v) is 2.41. The highest BCUT2D eigenvalue weighted by atomic mass is 32.2. The van der Waals surface area contributed by atoms with E-state index in [2.05, 4.69) is 5.32 Å². The molecule has 0 unspecified atom stereocenters. The molecule has 1 aromatic carbocycles. The fraction of sp³-hybridized carbons (Fsp3) is 0.400. The van der Waals surface area contributed by atoms with Crippen molar-refractivity contribution in [3.8, 4) is 0 Å². The summed E-state index contributed by atoms with van der Waals surface area (Å²) in [5, 5.41) is 3.15. The Morgan fingerprint density at radius 2 is 2.21 bits per heavy atom. The molecule has 0 radical (unpaired) electrons. The van der Waals surface area contributed by atoms with Crippen molar-refractivity contribution in [3.63, 3.8) is 0 Å². The van der Waals surface area contributed by atoms with Gasteiger partial charge in [-0.1, -0.05) is 30.8 Å². The number of hydrogen-bond donors (Lipinski definition) is 1. The summed E-state index contributed by atoms with van der Waals surface area (Å²) in [7, 11) is 0. The lowest BCUT2D eigenvalue weighted by molar-refractivity contribution is 0.252. The first-order valence-electron chi connectivity index (χ1n) is 4.47. The maximum absolute atomic E-state index is 12.1.